The molecule has 1 amide bonds. The molecule has 0 unspecified atom stereocenters. The van der Waals surface area contributed by atoms with Gasteiger partial charge in [-0.15, -0.1) is 0 Å². The topological polar surface area (TPSA) is 59.9 Å². The molecule has 0 aliphatic rings. The minimum atomic E-state index is -0.426. The third kappa shape index (κ3) is 6.66. The van der Waals surface area contributed by atoms with Crippen LogP contribution in [0.5, 0.6) is 11.5 Å². The zero-order valence-corrected chi connectivity index (χ0v) is 17.9. The molecule has 0 heterocycles. The van der Waals surface area contributed by atoms with E-state index in [0.717, 1.165) is 16.9 Å². The highest BCUT2D eigenvalue weighted by atomic mass is 35.5. The molecule has 0 bridgehead atoms. The van der Waals surface area contributed by atoms with Gasteiger partial charge in [0.15, 0.2) is 6.61 Å². The molecule has 0 aliphatic heterocycles. The van der Waals surface area contributed by atoms with Gasteiger partial charge in [0.05, 0.1) is 11.2 Å². The summed E-state index contributed by atoms with van der Waals surface area (Å²) in [6, 6.07) is 19.7. The summed E-state index contributed by atoms with van der Waals surface area (Å²) >= 11 is 17.8. The van der Waals surface area contributed by atoms with E-state index in [1.54, 1.807) is 18.2 Å². The Balaban J connectivity index is 1.43. The van der Waals surface area contributed by atoms with Crippen LogP contribution in [0.3, 0.4) is 0 Å². The molecule has 0 fully saturated rings. The number of rotatable bonds is 8. The van der Waals surface area contributed by atoms with Crippen LogP contribution >= 0.6 is 34.8 Å². The van der Waals surface area contributed by atoms with Crippen LogP contribution in [0.2, 0.25) is 15.1 Å². The van der Waals surface area contributed by atoms with E-state index in [0.29, 0.717) is 22.4 Å². The number of amides is 1. The Morgan fingerprint density at radius 3 is 2.40 bits per heavy atom. The van der Waals surface area contributed by atoms with Gasteiger partial charge in [0.1, 0.15) is 23.1 Å². The fourth-order valence-corrected chi connectivity index (χ4v) is 2.82. The summed E-state index contributed by atoms with van der Waals surface area (Å²) in [5, 5.41) is 5.21. The fraction of sp³-hybridized carbons (Fsp3) is 0.0909. The summed E-state index contributed by atoms with van der Waals surface area (Å²) in [6.45, 7) is 0.201. The van der Waals surface area contributed by atoms with E-state index >= 15 is 0 Å². The van der Waals surface area contributed by atoms with Crippen molar-refractivity contribution in [2.24, 2.45) is 5.10 Å². The maximum atomic E-state index is 11.8. The predicted octanol–water partition coefficient (Wildman–Crippen LogP) is 5.75. The second kappa shape index (κ2) is 10.9. The third-order valence-corrected chi connectivity index (χ3v) is 4.93. The van der Waals surface area contributed by atoms with Crippen molar-refractivity contribution in [1.82, 2.24) is 5.43 Å². The fourth-order valence-electron chi connectivity index (χ4n) is 2.35. The molecule has 0 radical (unpaired) electrons. The summed E-state index contributed by atoms with van der Waals surface area (Å²) < 4.78 is 11.1. The number of hydrogen-bond acceptors (Lipinski definition) is 4. The molecule has 0 aliphatic carbocycles. The molecule has 154 valence electrons. The van der Waals surface area contributed by atoms with Gasteiger partial charge in [-0.05, 0) is 59.7 Å². The van der Waals surface area contributed by atoms with E-state index in [4.69, 9.17) is 44.3 Å². The second-order valence-corrected chi connectivity index (χ2v) is 7.34. The first-order valence-electron chi connectivity index (χ1n) is 8.87. The molecule has 0 aromatic heterocycles. The highest BCUT2D eigenvalue weighted by molar-refractivity contribution is 6.42. The molecule has 8 heteroatoms. The van der Waals surface area contributed by atoms with Gasteiger partial charge in [0.25, 0.3) is 5.91 Å². The summed E-state index contributed by atoms with van der Waals surface area (Å²) in [5.41, 5.74) is 4.21. The van der Waals surface area contributed by atoms with Crippen molar-refractivity contribution >= 4 is 46.9 Å². The van der Waals surface area contributed by atoms with Crippen LogP contribution in [0.15, 0.2) is 71.8 Å². The van der Waals surface area contributed by atoms with Gasteiger partial charge < -0.3 is 9.47 Å². The molecule has 3 aromatic rings. The Hall–Kier alpha value is -2.73. The first kappa shape index (κ1) is 22.0. The largest absolute Gasteiger partial charge is 0.489 e. The van der Waals surface area contributed by atoms with E-state index in [1.807, 2.05) is 48.5 Å². The van der Waals surface area contributed by atoms with E-state index in [-0.39, 0.29) is 11.6 Å². The lowest BCUT2D eigenvalue weighted by Gasteiger charge is -2.07. The summed E-state index contributed by atoms with van der Waals surface area (Å²) in [6.07, 6.45) is 1.52. The van der Waals surface area contributed by atoms with Crippen molar-refractivity contribution in [2.75, 3.05) is 6.61 Å². The number of carbonyl (C=O) groups excluding carboxylic acids is 1. The average Bonchev–Trinajstić information content (AvgIpc) is 2.75. The highest BCUT2D eigenvalue weighted by Crippen LogP contribution is 2.31. The van der Waals surface area contributed by atoms with Gasteiger partial charge in [-0.3, -0.25) is 4.79 Å². The van der Waals surface area contributed by atoms with Crippen LogP contribution < -0.4 is 14.9 Å². The van der Waals surface area contributed by atoms with Crippen LogP contribution in [0.4, 0.5) is 0 Å². The van der Waals surface area contributed by atoms with Crippen LogP contribution in [-0.4, -0.2) is 18.7 Å². The van der Waals surface area contributed by atoms with Gasteiger partial charge in [-0.2, -0.15) is 5.10 Å². The molecule has 3 rings (SSSR count). The van der Waals surface area contributed by atoms with Gasteiger partial charge in [-0.25, -0.2) is 5.43 Å². The van der Waals surface area contributed by atoms with E-state index in [2.05, 4.69) is 10.5 Å². The highest BCUT2D eigenvalue weighted by Gasteiger charge is 2.07. The van der Waals surface area contributed by atoms with E-state index < -0.39 is 5.91 Å². The molecule has 0 saturated carbocycles. The maximum absolute atomic E-state index is 11.8. The van der Waals surface area contributed by atoms with Crippen LogP contribution in [0, 0.1) is 0 Å². The molecule has 30 heavy (non-hydrogen) atoms. The maximum Gasteiger partial charge on any atom is 0.277 e. The van der Waals surface area contributed by atoms with Crippen molar-refractivity contribution < 1.29 is 14.3 Å². The first-order valence-corrected chi connectivity index (χ1v) is 10.0. The number of halogens is 3. The van der Waals surface area contributed by atoms with Crippen LogP contribution in [0.1, 0.15) is 11.1 Å². The standard InChI is InChI=1S/C22H17Cl3N2O3/c23-17-8-4-16(5-9-17)13-29-18-10-6-15(7-11-18)12-26-27-21(28)14-30-20-3-1-2-19(24)22(20)25/h1-12H,13-14H2,(H,27,28)/b26-12+. The predicted molar refractivity (Wildman–Crippen MR) is 120 cm³/mol. The molecule has 0 atom stereocenters. The Morgan fingerprint density at radius 2 is 1.67 bits per heavy atom. The Kier molecular flexibility index (Phi) is 7.97. The molecule has 3 aromatic carbocycles. The van der Waals surface area contributed by atoms with Crippen molar-refractivity contribution in [3.63, 3.8) is 0 Å². The van der Waals surface area contributed by atoms with Crippen molar-refractivity contribution in [1.29, 1.82) is 0 Å². The second-order valence-electron chi connectivity index (χ2n) is 6.12. The third-order valence-electron chi connectivity index (χ3n) is 3.88. The zero-order chi connectivity index (χ0) is 21.3. The van der Waals surface area contributed by atoms with E-state index in [1.165, 1.54) is 6.21 Å². The molecule has 1 N–H and O–H groups in total. The Morgan fingerprint density at radius 1 is 0.933 bits per heavy atom. The molecular weight excluding hydrogens is 447 g/mol. The van der Waals surface area contributed by atoms with Crippen LogP contribution in [-0.2, 0) is 11.4 Å². The summed E-state index contributed by atoms with van der Waals surface area (Å²) in [5.74, 6) is 0.626. The number of benzene rings is 3. The minimum Gasteiger partial charge on any atom is -0.489 e. The van der Waals surface area contributed by atoms with Gasteiger partial charge in [0.2, 0.25) is 0 Å². The number of carbonyl (C=O) groups is 1. The lowest BCUT2D eigenvalue weighted by Crippen LogP contribution is -2.24. The zero-order valence-electron chi connectivity index (χ0n) is 15.6. The van der Waals surface area contributed by atoms with Gasteiger partial charge in [-0.1, -0.05) is 53.0 Å². The average molecular weight is 464 g/mol. The molecule has 5 nitrogen and oxygen atoms in total. The normalized spacial score (nSPS) is 10.8. The number of hydrazone groups is 1. The molecular formula is C22H17Cl3N2O3. The molecule has 0 spiro atoms. The number of nitrogens with one attached hydrogen (secondary N) is 1. The van der Waals surface area contributed by atoms with E-state index in [9.17, 15) is 4.79 Å². The van der Waals surface area contributed by atoms with Crippen molar-refractivity contribution in [2.45, 2.75) is 6.61 Å². The van der Waals surface area contributed by atoms with Gasteiger partial charge in [0, 0.05) is 5.02 Å². The van der Waals surface area contributed by atoms with Gasteiger partial charge >= 0.3 is 0 Å². The first-order chi connectivity index (χ1) is 14.5. The lowest BCUT2D eigenvalue weighted by molar-refractivity contribution is -0.123. The monoisotopic (exact) mass is 462 g/mol. The van der Waals surface area contributed by atoms with Crippen molar-refractivity contribution in [3.05, 3.63) is 92.9 Å². The smallest absolute Gasteiger partial charge is 0.277 e. The quantitative estimate of drug-likeness (QED) is 0.341. The number of hydrogen-bond donors (Lipinski definition) is 1. The SMILES string of the molecule is O=C(COc1cccc(Cl)c1Cl)N/N=C/c1ccc(OCc2ccc(Cl)cc2)cc1. The minimum absolute atomic E-state index is 0.241. The number of nitrogens with zero attached hydrogens (tertiary/aromatic N) is 1. The van der Waals surface area contributed by atoms with Crippen LogP contribution in [0.25, 0.3) is 0 Å². The number of ether oxygens (including phenoxy) is 2. The Bertz CT molecular complexity index is 1020. The molecule has 0 saturated heterocycles. The Labute approximate surface area is 189 Å². The summed E-state index contributed by atoms with van der Waals surface area (Å²) in [4.78, 5) is 11.8. The van der Waals surface area contributed by atoms with Crippen molar-refractivity contribution in [3.8, 4) is 11.5 Å². The summed E-state index contributed by atoms with van der Waals surface area (Å²) in [7, 11) is 0. The lowest BCUT2D eigenvalue weighted by atomic mass is 10.2.